The van der Waals surface area contributed by atoms with Gasteiger partial charge in [0.25, 0.3) is 0 Å². The molecule has 0 aromatic heterocycles. The minimum Gasteiger partial charge on any atom is -0.324 e. The molecule has 1 nitrogen and oxygen atoms in total. The lowest BCUT2D eigenvalue weighted by Gasteiger charge is -2.14. The van der Waals surface area contributed by atoms with Crippen LogP contribution in [-0.4, -0.2) is 0 Å². The minimum atomic E-state index is -4.67. The van der Waals surface area contributed by atoms with Gasteiger partial charge in [-0.05, 0) is 24.1 Å². The lowest BCUT2D eigenvalue weighted by atomic mass is 10.0. The minimum absolute atomic E-state index is 0.315. The molecule has 16 heavy (non-hydrogen) atoms. The van der Waals surface area contributed by atoms with Gasteiger partial charge in [-0.15, -0.1) is 0 Å². The van der Waals surface area contributed by atoms with Crippen molar-refractivity contribution in [3.8, 4) is 0 Å². The molecule has 1 aromatic carbocycles. The van der Waals surface area contributed by atoms with E-state index in [4.69, 9.17) is 5.73 Å². The standard InChI is InChI=1S/C11H13F4N/c1-2-3-10(16)7-4-5-9(12)8(6-7)11(13,14)15/h4-6,10H,2-3,16H2,1H3/t10-/m0/s1. The Hall–Kier alpha value is -1.10. The van der Waals surface area contributed by atoms with E-state index in [1.165, 1.54) is 6.07 Å². The molecular formula is C11H13F4N. The highest BCUT2D eigenvalue weighted by atomic mass is 19.4. The zero-order valence-electron chi connectivity index (χ0n) is 8.81. The van der Waals surface area contributed by atoms with Crippen LogP contribution in [-0.2, 0) is 6.18 Å². The van der Waals surface area contributed by atoms with E-state index in [-0.39, 0.29) is 0 Å². The Balaban J connectivity index is 3.07. The molecule has 0 heterocycles. The molecule has 0 fully saturated rings. The molecule has 0 bridgehead atoms. The first kappa shape index (κ1) is 13.0. The summed E-state index contributed by atoms with van der Waals surface area (Å²) in [5.41, 5.74) is 4.74. The maximum absolute atomic E-state index is 13.0. The molecule has 0 aliphatic rings. The normalized spacial score (nSPS) is 13.9. The van der Waals surface area contributed by atoms with Crippen LogP contribution >= 0.6 is 0 Å². The molecule has 5 heteroatoms. The van der Waals surface area contributed by atoms with Crippen LogP contribution in [0.25, 0.3) is 0 Å². The van der Waals surface area contributed by atoms with E-state index in [1.807, 2.05) is 6.92 Å². The second-order valence-electron chi connectivity index (χ2n) is 3.63. The third-order valence-corrected chi connectivity index (χ3v) is 2.32. The van der Waals surface area contributed by atoms with Crippen LogP contribution in [0.4, 0.5) is 17.6 Å². The summed E-state index contributed by atoms with van der Waals surface area (Å²) in [6.45, 7) is 1.88. The molecule has 2 N–H and O–H groups in total. The molecule has 0 saturated heterocycles. The number of benzene rings is 1. The van der Waals surface area contributed by atoms with E-state index in [0.717, 1.165) is 18.6 Å². The van der Waals surface area contributed by atoms with Gasteiger partial charge in [0.05, 0.1) is 5.56 Å². The van der Waals surface area contributed by atoms with Crippen LogP contribution in [0, 0.1) is 5.82 Å². The highest BCUT2D eigenvalue weighted by Gasteiger charge is 2.34. The van der Waals surface area contributed by atoms with Crippen molar-refractivity contribution in [3.05, 3.63) is 35.1 Å². The van der Waals surface area contributed by atoms with Gasteiger partial charge in [-0.25, -0.2) is 4.39 Å². The maximum atomic E-state index is 13.0. The summed E-state index contributed by atoms with van der Waals surface area (Å²) in [7, 11) is 0. The quantitative estimate of drug-likeness (QED) is 0.795. The zero-order chi connectivity index (χ0) is 12.3. The lowest BCUT2D eigenvalue weighted by Crippen LogP contribution is -2.13. The van der Waals surface area contributed by atoms with Crippen LogP contribution in [0.15, 0.2) is 18.2 Å². The lowest BCUT2D eigenvalue weighted by molar-refractivity contribution is -0.140. The Kier molecular flexibility index (Phi) is 3.91. The van der Waals surface area contributed by atoms with Crippen molar-refractivity contribution in [2.45, 2.75) is 32.0 Å². The van der Waals surface area contributed by atoms with Crippen molar-refractivity contribution in [3.63, 3.8) is 0 Å². The fraction of sp³-hybridized carbons (Fsp3) is 0.455. The topological polar surface area (TPSA) is 26.0 Å². The van der Waals surface area contributed by atoms with E-state index in [9.17, 15) is 17.6 Å². The fourth-order valence-electron chi connectivity index (χ4n) is 1.47. The average Bonchev–Trinajstić information content (AvgIpc) is 2.16. The van der Waals surface area contributed by atoms with Gasteiger partial charge in [-0.3, -0.25) is 0 Å². The van der Waals surface area contributed by atoms with Crippen molar-refractivity contribution in [2.24, 2.45) is 5.73 Å². The first-order valence-corrected chi connectivity index (χ1v) is 4.98. The van der Waals surface area contributed by atoms with Gasteiger partial charge < -0.3 is 5.73 Å². The van der Waals surface area contributed by atoms with Gasteiger partial charge in [0.2, 0.25) is 0 Å². The Morgan fingerprint density at radius 3 is 2.44 bits per heavy atom. The second-order valence-corrected chi connectivity index (χ2v) is 3.63. The number of nitrogens with two attached hydrogens (primary N) is 1. The van der Waals surface area contributed by atoms with Gasteiger partial charge >= 0.3 is 6.18 Å². The Labute approximate surface area is 91.3 Å². The smallest absolute Gasteiger partial charge is 0.324 e. The Morgan fingerprint density at radius 1 is 1.31 bits per heavy atom. The summed E-state index contributed by atoms with van der Waals surface area (Å²) in [6, 6.07) is 2.42. The second kappa shape index (κ2) is 4.82. The van der Waals surface area contributed by atoms with E-state index in [2.05, 4.69) is 0 Å². The van der Waals surface area contributed by atoms with Crippen LogP contribution in [0.5, 0.6) is 0 Å². The van der Waals surface area contributed by atoms with Crippen molar-refractivity contribution >= 4 is 0 Å². The van der Waals surface area contributed by atoms with Crippen molar-refractivity contribution in [2.75, 3.05) is 0 Å². The Bertz CT molecular complexity index is 359. The first-order valence-electron chi connectivity index (χ1n) is 4.98. The SMILES string of the molecule is CCC[C@H](N)c1ccc(F)c(C(F)(F)F)c1. The van der Waals surface area contributed by atoms with Gasteiger partial charge in [0, 0.05) is 6.04 Å². The van der Waals surface area contributed by atoms with Crippen molar-refractivity contribution < 1.29 is 17.6 Å². The van der Waals surface area contributed by atoms with E-state index >= 15 is 0 Å². The largest absolute Gasteiger partial charge is 0.419 e. The third kappa shape index (κ3) is 2.95. The molecule has 0 spiro atoms. The van der Waals surface area contributed by atoms with Crippen LogP contribution in [0.2, 0.25) is 0 Å². The predicted octanol–water partition coefficient (Wildman–Crippen LogP) is 3.64. The Morgan fingerprint density at radius 2 is 1.94 bits per heavy atom. The molecule has 1 aromatic rings. The predicted molar refractivity (Wildman–Crippen MR) is 53.2 cm³/mol. The molecule has 1 atom stereocenters. The molecule has 0 unspecified atom stereocenters. The summed E-state index contributed by atoms with van der Waals surface area (Å²) in [6.07, 6.45) is -3.34. The first-order chi connectivity index (χ1) is 7.36. The van der Waals surface area contributed by atoms with Gasteiger partial charge in [0.1, 0.15) is 5.82 Å². The van der Waals surface area contributed by atoms with Gasteiger partial charge in [0.15, 0.2) is 0 Å². The summed E-state index contributed by atoms with van der Waals surface area (Å²) >= 11 is 0. The fourth-order valence-corrected chi connectivity index (χ4v) is 1.47. The van der Waals surface area contributed by atoms with E-state index in [1.54, 1.807) is 0 Å². The summed E-state index contributed by atoms with van der Waals surface area (Å²) in [5.74, 6) is -1.26. The number of alkyl halides is 3. The molecular weight excluding hydrogens is 222 g/mol. The van der Waals surface area contributed by atoms with Crippen LogP contribution in [0.3, 0.4) is 0 Å². The third-order valence-electron chi connectivity index (χ3n) is 2.32. The van der Waals surface area contributed by atoms with Gasteiger partial charge in [-0.1, -0.05) is 19.4 Å². The highest BCUT2D eigenvalue weighted by molar-refractivity contribution is 5.29. The zero-order valence-corrected chi connectivity index (χ0v) is 8.81. The average molecular weight is 235 g/mol. The molecule has 0 saturated carbocycles. The molecule has 0 aliphatic carbocycles. The van der Waals surface area contributed by atoms with Crippen LogP contribution < -0.4 is 5.73 Å². The summed E-state index contributed by atoms with van der Waals surface area (Å²) in [4.78, 5) is 0. The van der Waals surface area contributed by atoms with Gasteiger partial charge in [-0.2, -0.15) is 13.2 Å². The number of hydrogen-bond donors (Lipinski definition) is 1. The highest BCUT2D eigenvalue weighted by Crippen LogP contribution is 2.33. The molecule has 1 rings (SSSR count). The summed E-state index contributed by atoms with van der Waals surface area (Å²) in [5, 5.41) is 0. The van der Waals surface area contributed by atoms with Crippen molar-refractivity contribution in [1.29, 1.82) is 0 Å². The molecule has 0 aliphatic heterocycles. The molecule has 90 valence electrons. The number of halogens is 4. The monoisotopic (exact) mass is 235 g/mol. The molecule has 0 amide bonds. The van der Waals surface area contributed by atoms with E-state index in [0.29, 0.717) is 12.0 Å². The number of rotatable bonds is 3. The van der Waals surface area contributed by atoms with Crippen molar-refractivity contribution in [1.82, 2.24) is 0 Å². The maximum Gasteiger partial charge on any atom is 0.419 e. The van der Waals surface area contributed by atoms with E-state index < -0.39 is 23.6 Å². The summed E-state index contributed by atoms with van der Waals surface area (Å²) < 4.78 is 50.1. The van der Waals surface area contributed by atoms with Crippen LogP contribution in [0.1, 0.15) is 36.9 Å². The molecule has 0 radical (unpaired) electrons. The number of hydrogen-bond acceptors (Lipinski definition) is 1.